The number of aromatic nitrogens is 4. The minimum Gasteiger partial charge on any atom is -0.497 e. The second-order valence-electron chi connectivity index (χ2n) is 8.64. The van der Waals surface area contributed by atoms with E-state index in [0.717, 1.165) is 22.3 Å². The van der Waals surface area contributed by atoms with E-state index in [1.807, 2.05) is 48.5 Å². The normalized spacial score (nSPS) is 10.8. The molecular formula is C29H26N6O4. The Labute approximate surface area is 224 Å². The minimum atomic E-state index is -0.403. The summed E-state index contributed by atoms with van der Waals surface area (Å²) >= 11 is 0. The fourth-order valence-corrected chi connectivity index (χ4v) is 4.07. The number of benzene rings is 3. The Balaban J connectivity index is 1.43. The van der Waals surface area contributed by atoms with Crippen LogP contribution < -0.4 is 14.8 Å². The number of nitrogens with zero attached hydrogens (tertiary/aromatic N) is 4. The molecule has 0 fully saturated rings. The lowest BCUT2D eigenvalue weighted by molar-refractivity contribution is 0.102. The molecule has 5 aromatic rings. The van der Waals surface area contributed by atoms with E-state index in [1.165, 1.54) is 6.07 Å². The van der Waals surface area contributed by atoms with E-state index in [4.69, 9.17) is 19.2 Å². The highest BCUT2D eigenvalue weighted by Crippen LogP contribution is 2.26. The number of carbonyl (C=O) groups is 1. The number of hydrogen-bond donors (Lipinski definition) is 2. The summed E-state index contributed by atoms with van der Waals surface area (Å²) < 4.78 is 17.6. The number of carbonyl (C=O) groups excluding carboxylic acids is 1. The van der Waals surface area contributed by atoms with Crippen molar-refractivity contribution in [3.63, 3.8) is 0 Å². The lowest BCUT2D eigenvalue weighted by Crippen LogP contribution is -2.13. The summed E-state index contributed by atoms with van der Waals surface area (Å²) in [6.07, 6.45) is 0. The van der Waals surface area contributed by atoms with Crippen LogP contribution in [-0.4, -0.2) is 53.1 Å². The van der Waals surface area contributed by atoms with Crippen LogP contribution in [0.15, 0.2) is 72.8 Å². The molecule has 0 aliphatic rings. The molecule has 10 heteroatoms. The molecule has 0 saturated carbocycles. The number of nitrogens with one attached hydrogen (secondary N) is 2. The zero-order valence-electron chi connectivity index (χ0n) is 21.5. The van der Waals surface area contributed by atoms with Gasteiger partial charge in [0.2, 0.25) is 0 Å². The van der Waals surface area contributed by atoms with E-state index < -0.39 is 5.91 Å². The van der Waals surface area contributed by atoms with Gasteiger partial charge in [0.1, 0.15) is 29.9 Å². The summed E-state index contributed by atoms with van der Waals surface area (Å²) in [6, 6.07) is 24.0. The van der Waals surface area contributed by atoms with E-state index in [2.05, 4.69) is 21.5 Å². The number of hydrogen-bond acceptors (Lipinski definition) is 7. The van der Waals surface area contributed by atoms with E-state index in [1.54, 1.807) is 37.1 Å². The van der Waals surface area contributed by atoms with Crippen LogP contribution in [0.1, 0.15) is 21.5 Å². The fourth-order valence-electron chi connectivity index (χ4n) is 4.07. The van der Waals surface area contributed by atoms with Gasteiger partial charge < -0.3 is 24.5 Å². The van der Waals surface area contributed by atoms with Gasteiger partial charge in [-0.1, -0.05) is 24.3 Å². The van der Waals surface area contributed by atoms with Crippen molar-refractivity contribution in [1.82, 2.24) is 19.7 Å². The summed E-state index contributed by atoms with van der Waals surface area (Å²) in [5.41, 5.74) is 3.99. The highest BCUT2D eigenvalue weighted by molar-refractivity contribution is 6.04. The van der Waals surface area contributed by atoms with Gasteiger partial charge in [-0.25, -0.2) is 4.98 Å². The van der Waals surface area contributed by atoms with Crippen LogP contribution in [-0.2, 0) is 11.3 Å². The van der Waals surface area contributed by atoms with Crippen molar-refractivity contribution >= 4 is 22.8 Å². The maximum atomic E-state index is 13.1. The second kappa shape index (κ2) is 11.5. The number of H-pyrrole nitrogens is 1. The first kappa shape index (κ1) is 25.5. The molecule has 2 aromatic heterocycles. The maximum absolute atomic E-state index is 13.1. The lowest BCUT2D eigenvalue weighted by Gasteiger charge is -2.09. The molecule has 1 amide bonds. The molecule has 0 unspecified atom stereocenters. The Hall–Kier alpha value is -5.14. The Kier molecular flexibility index (Phi) is 7.52. The highest BCUT2D eigenvalue weighted by atomic mass is 16.5. The smallest absolute Gasteiger partial charge is 0.256 e. The van der Waals surface area contributed by atoms with Gasteiger partial charge in [0.05, 0.1) is 36.9 Å². The van der Waals surface area contributed by atoms with Gasteiger partial charge in [0.25, 0.3) is 5.91 Å². The minimum absolute atomic E-state index is 0.256. The van der Waals surface area contributed by atoms with Crippen LogP contribution in [0.2, 0.25) is 0 Å². The molecule has 0 spiro atoms. The molecule has 2 N–H and O–H groups in total. The number of amides is 1. The molecule has 39 heavy (non-hydrogen) atoms. The van der Waals surface area contributed by atoms with Crippen molar-refractivity contribution in [1.29, 1.82) is 5.26 Å². The molecule has 2 heterocycles. The van der Waals surface area contributed by atoms with E-state index >= 15 is 0 Å². The van der Waals surface area contributed by atoms with Gasteiger partial charge >= 0.3 is 0 Å². The molecule has 0 saturated heterocycles. The zero-order valence-corrected chi connectivity index (χ0v) is 21.5. The first-order chi connectivity index (χ1) is 19.1. The molecule has 0 atom stereocenters. The third-order valence-corrected chi connectivity index (χ3v) is 6.05. The molecule has 0 aliphatic carbocycles. The summed E-state index contributed by atoms with van der Waals surface area (Å²) in [5, 5.41) is 17.0. The molecule has 196 valence electrons. The van der Waals surface area contributed by atoms with Gasteiger partial charge in [-0.2, -0.15) is 10.4 Å². The number of rotatable bonds is 10. The third kappa shape index (κ3) is 5.74. The fraction of sp³-hybridized carbons (Fsp3) is 0.172. The van der Waals surface area contributed by atoms with E-state index in [9.17, 15) is 10.1 Å². The first-order valence-electron chi connectivity index (χ1n) is 12.2. The van der Waals surface area contributed by atoms with Gasteiger partial charge in [0, 0.05) is 18.7 Å². The summed E-state index contributed by atoms with van der Waals surface area (Å²) in [6.45, 7) is 1.13. The van der Waals surface area contributed by atoms with Crippen LogP contribution in [0.25, 0.3) is 22.6 Å². The summed E-state index contributed by atoms with van der Waals surface area (Å²) in [5.74, 6) is 1.73. The number of fused-ring (bicyclic) bond motifs is 1. The molecule has 3 aromatic carbocycles. The summed E-state index contributed by atoms with van der Waals surface area (Å²) in [7, 11) is 3.19. The average Bonchev–Trinajstić information content (AvgIpc) is 3.57. The predicted octanol–water partition coefficient (Wildman–Crippen LogP) is 4.63. The largest absolute Gasteiger partial charge is 0.497 e. The van der Waals surface area contributed by atoms with Crippen molar-refractivity contribution < 1.29 is 19.0 Å². The summed E-state index contributed by atoms with van der Waals surface area (Å²) in [4.78, 5) is 21.2. The molecule has 0 aliphatic heterocycles. The molecule has 0 radical (unpaired) electrons. The Bertz CT molecular complexity index is 1620. The first-order valence-corrected chi connectivity index (χ1v) is 12.2. The van der Waals surface area contributed by atoms with Crippen LogP contribution in [0.3, 0.4) is 0 Å². The number of aromatic amines is 1. The Morgan fingerprint density at radius 1 is 1.05 bits per heavy atom. The van der Waals surface area contributed by atoms with Crippen molar-refractivity contribution in [3.8, 4) is 29.1 Å². The SMILES string of the molecule is COCCOc1ccc(C(=O)Nc2cc(-c3nc4ccccc4[nH]3)n(Cc3ccc(OC)cc3)n2)cc1C#N. The number of para-hydroxylation sites is 2. The van der Waals surface area contributed by atoms with Gasteiger partial charge in [-0.15, -0.1) is 0 Å². The number of nitriles is 1. The quantitative estimate of drug-likeness (QED) is 0.256. The number of ether oxygens (including phenoxy) is 3. The van der Waals surface area contributed by atoms with Gasteiger partial charge in [-0.05, 0) is 48.0 Å². The molecule has 10 nitrogen and oxygen atoms in total. The monoisotopic (exact) mass is 522 g/mol. The van der Waals surface area contributed by atoms with Crippen molar-refractivity contribution in [3.05, 3.63) is 89.5 Å². The van der Waals surface area contributed by atoms with E-state index in [-0.39, 0.29) is 5.56 Å². The Morgan fingerprint density at radius 3 is 2.62 bits per heavy atom. The standard InChI is InChI=1S/C29H26N6O4/c1-37-13-14-39-26-12-9-20(15-21(26)17-30)29(36)33-27-16-25(28-31-23-5-3-4-6-24(23)32-28)35(34-27)18-19-7-10-22(38-2)11-8-19/h3-12,15-16H,13-14,18H2,1-2H3,(H,31,32)(H,33,34,36). The van der Waals surface area contributed by atoms with Gasteiger partial charge in [0.15, 0.2) is 11.6 Å². The predicted molar refractivity (Wildman–Crippen MR) is 146 cm³/mol. The van der Waals surface area contributed by atoms with Crippen LogP contribution >= 0.6 is 0 Å². The van der Waals surface area contributed by atoms with E-state index in [0.29, 0.717) is 48.4 Å². The Morgan fingerprint density at radius 2 is 1.87 bits per heavy atom. The maximum Gasteiger partial charge on any atom is 0.256 e. The third-order valence-electron chi connectivity index (χ3n) is 6.05. The topological polar surface area (TPSA) is 127 Å². The van der Waals surface area contributed by atoms with Gasteiger partial charge in [-0.3, -0.25) is 9.48 Å². The molecular weight excluding hydrogens is 496 g/mol. The number of anilines is 1. The van der Waals surface area contributed by atoms with Crippen LogP contribution in [0.5, 0.6) is 11.5 Å². The second-order valence-corrected chi connectivity index (χ2v) is 8.64. The lowest BCUT2D eigenvalue weighted by atomic mass is 10.1. The zero-order chi connectivity index (χ0) is 27.2. The molecule has 0 bridgehead atoms. The number of methoxy groups -OCH3 is 2. The van der Waals surface area contributed by atoms with Crippen molar-refractivity contribution in [2.45, 2.75) is 6.54 Å². The van der Waals surface area contributed by atoms with Crippen molar-refractivity contribution in [2.24, 2.45) is 0 Å². The van der Waals surface area contributed by atoms with Crippen molar-refractivity contribution in [2.75, 3.05) is 32.8 Å². The van der Waals surface area contributed by atoms with Crippen LogP contribution in [0.4, 0.5) is 5.82 Å². The highest BCUT2D eigenvalue weighted by Gasteiger charge is 2.17. The molecule has 5 rings (SSSR count). The van der Waals surface area contributed by atoms with Crippen LogP contribution in [0, 0.1) is 11.3 Å². The average molecular weight is 523 g/mol. The number of imidazole rings is 1.